The molecule has 4 N–H and O–H groups in total. The molecule has 1 fully saturated rings. The number of hydrogen-bond donors (Lipinski definition) is 4. The van der Waals surface area contributed by atoms with Crippen LogP contribution in [0.5, 0.6) is 0 Å². The van der Waals surface area contributed by atoms with Crippen LogP contribution < -0.4 is 0 Å². The van der Waals surface area contributed by atoms with Crippen molar-refractivity contribution in [2.24, 2.45) is 0 Å². The molecule has 0 spiro atoms. The lowest BCUT2D eigenvalue weighted by atomic mass is 9.96. The fourth-order valence-corrected chi connectivity index (χ4v) is 4.48. The Morgan fingerprint density at radius 1 is 0.946 bits per heavy atom. The van der Waals surface area contributed by atoms with E-state index in [1.807, 2.05) is 6.07 Å². The molecule has 1 aliphatic rings. The van der Waals surface area contributed by atoms with Gasteiger partial charge < -0.3 is 25.2 Å². The van der Waals surface area contributed by atoms with Crippen molar-refractivity contribution in [1.29, 1.82) is 0 Å². The second-order valence-corrected chi connectivity index (χ2v) is 9.25. The van der Waals surface area contributed by atoms with Gasteiger partial charge in [0.25, 0.3) is 0 Å². The molecule has 204 valence electrons. The van der Waals surface area contributed by atoms with E-state index in [0.29, 0.717) is 0 Å². The second-order valence-electron chi connectivity index (χ2n) is 9.25. The van der Waals surface area contributed by atoms with Gasteiger partial charge in [0.1, 0.15) is 12.6 Å². The fraction of sp³-hybridized carbons (Fsp3) is 0.542. The first-order chi connectivity index (χ1) is 17.4. The second kappa shape index (κ2) is 13.7. The molecule has 0 aromatic heterocycles. The average Bonchev–Trinajstić information content (AvgIpc) is 2.96. The highest BCUT2D eigenvalue weighted by Gasteiger charge is 2.42. The normalized spacial score (nSPS) is 19.6. The first-order valence-corrected chi connectivity index (χ1v) is 11.7. The van der Waals surface area contributed by atoms with Gasteiger partial charge in [-0.2, -0.15) is 0 Å². The van der Waals surface area contributed by atoms with Gasteiger partial charge in [-0.1, -0.05) is 30.3 Å². The standard InChI is InChI=1S/C24H33N3O10/c1-24(27(12-20(30)31)13-21(32)33)15-25(11-19(28)29)9-10-26(16-24)18(23(35)36)7-8-22(34)37-14-17-5-3-2-4-6-17/h2-6,18H,7-16H2,1H3,(H,28,29)(H,30,31)(H,32,33)(H,35,36)/t18-,24-/m1/s1. The van der Waals surface area contributed by atoms with Crippen molar-refractivity contribution in [3.8, 4) is 0 Å². The zero-order chi connectivity index (χ0) is 27.6. The molecule has 37 heavy (non-hydrogen) atoms. The third kappa shape index (κ3) is 9.79. The molecule has 1 aromatic carbocycles. The summed E-state index contributed by atoms with van der Waals surface area (Å²) < 4.78 is 5.24. The van der Waals surface area contributed by atoms with Crippen LogP contribution in [0.3, 0.4) is 0 Å². The number of carbonyl (C=O) groups excluding carboxylic acids is 1. The summed E-state index contributed by atoms with van der Waals surface area (Å²) >= 11 is 0. The lowest BCUT2D eigenvalue weighted by molar-refractivity contribution is -0.150. The summed E-state index contributed by atoms with van der Waals surface area (Å²) in [7, 11) is 0. The highest BCUT2D eigenvalue weighted by atomic mass is 16.5. The minimum absolute atomic E-state index is 0.00180. The molecule has 0 amide bonds. The zero-order valence-corrected chi connectivity index (χ0v) is 20.6. The molecule has 0 radical (unpaired) electrons. The van der Waals surface area contributed by atoms with Gasteiger partial charge in [-0.3, -0.25) is 38.7 Å². The molecule has 1 heterocycles. The van der Waals surface area contributed by atoms with Gasteiger partial charge in [0.15, 0.2) is 0 Å². The lowest BCUT2D eigenvalue weighted by Crippen LogP contribution is -2.61. The number of aliphatic carboxylic acids is 4. The van der Waals surface area contributed by atoms with E-state index in [4.69, 9.17) is 4.74 Å². The van der Waals surface area contributed by atoms with Crippen LogP contribution in [0.25, 0.3) is 0 Å². The summed E-state index contributed by atoms with van der Waals surface area (Å²) in [5.41, 5.74) is -0.436. The third-order valence-electron chi connectivity index (χ3n) is 6.18. The molecule has 13 heteroatoms. The molecule has 1 aromatic rings. The molecule has 0 unspecified atom stereocenters. The number of hydrogen-bond acceptors (Lipinski definition) is 9. The summed E-state index contributed by atoms with van der Waals surface area (Å²) in [6.45, 7) is 0.178. The third-order valence-corrected chi connectivity index (χ3v) is 6.18. The molecule has 0 aliphatic carbocycles. The quantitative estimate of drug-likeness (QED) is 0.237. The van der Waals surface area contributed by atoms with Crippen molar-refractivity contribution in [2.75, 3.05) is 45.8 Å². The Morgan fingerprint density at radius 2 is 1.57 bits per heavy atom. The highest BCUT2D eigenvalue weighted by Crippen LogP contribution is 2.24. The molecule has 1 saturated heterocycles. The van der Waals surface area contributed by atoms with Crippen LogP contribution in [0.4, 0.5) is 0 Å². The zero-order valence-electron chi connectivity index (χ0n) is 20.6. The Hall–Kier alpha value is -3.55. The summed E-state index contributed by atoms with van der Waals surface area (Å²) in [5.74, 6) is -5.49. The number of benzene rings is 1. The first-order valence-electron chi connectivity index (χ1n) is 11.7. The Kier molecular flexibility index (Phi) is 11.0. The Balaban J connectivity index is 2.21. The summed E-state index contributed by atoms with van der Waals surface area (Å²) in [6.07, 6.45) is -0.292. The topological polar surface area (TPSA) is 185 Å². The number of ether oxygens (including phenoxy) is 1. The maximum Gasteiger partial charge on any atom is 0.320 e. The van der Waals surface area contributed by atoms with Gasteiger partial charge in [0.05, 0.1) is 19.6 Å². The van der Waals surface area contributed by atoms with Gasteiger partial charge in [-0.25, -0.2) is 0 Å². The van der Waals surface area contributed by atoms with Gasteiger partial charge >= 0.3 is 29.8 Å². The van der Waals surface area contributed by atoms with E-state index >= 15 is 0 Å². The van der Waals surface area contributed by atoms with Crippen LogP contribution in [0.2, 0.25) is 0 Å². The van der Waals surface area contributed by atoms with E-state index in [1.54, 1.807) is 31.2 Å². The van der Waals surface area contributed by atoms with Crippen molar-refractivity contribution in [1.82, 2.24) is 14.7 Å². The largest absolute Gasteiger partial charge is 0.480 e. The highest BCUT2D eigenvalue weighted by molar-refractivity contribution is 5.76. The van der Waals surface area contributed by atoms with Crippen molar-refractivity contribution in [3.63, 3.8) is 0 Å². The number of rotatable bonds is 14. The molecule has 13 nitrogen and oxygen atoms in total. The minimum Gasteiger partial charge on any atom is -0.480 e. The number of carboxylic acids is 4. The number of nitrogens with zero attached hydrogens (tertiary/aromatic N) is 3. The van der Waals surface area contributed by atoms with Crippen molar-refractivity contribution in [3.05, 3.63) is 35.9 Å². The van der Waals surface area contributed by atoms with Crippen molar-refractivity contribution >= 4 is 29.8 Å². The first kappa shape index (κ1) is 29.7. The van der Waals surface area contributed by atoms with E-state index in [9.17, 15) is 44.4 Å². The predicted octanol–water partition coefficient (Wildman–Crippen LogP) is -0.105. The number of carboxylic acid groups (broad SMARTS) is 4. The maximum atomic E-state index is 12.3. The van der Waals surface area contributed by atoms with Crippen LogP contribution in [-0.4, -0.2) is 122 Å². The van der Waals surface area contributed by atoms with Gasteiger partial charge in [-0.15, -0.1) is 0 Å². The van der Waals surface area contributed by atoms with Gasteiger partial charge in [0, 0.05) is 38.1 Å². The van der Waals surface area contributed by atoms with E-state index in [-0.39, 0.29) is 52.2 Å². The van der Waals surface area contributed by atoms with E-state index in [2.05, 4.69) is 0 Å². The van der Waals surface area contributed by atoms with Crippen molar-refractivity contribution < 1.29 is 49.1 Å². The predicted molar refractivity (Wildman–Crippen MR) is 128 cm³/mol. The molecule has 0 bridgehead atoms. The fourth-order valence-electron chi connectivity index (χ4n) is 4.48. The number of esters is 1. The van der Waals surface area contributed by atoms with Crippen LogP contribution in [0, 0.1) is 0 Å². The molecular formula is C24H33N3O10. The SMILES string of the molecule is C[C@@]1(N(CC(=O)O)CC(=O)O)CN(CC(=O)O)CCN([C@H](CCC(=O)OCc2ccccc2)C(=O)O)C1. The Bertz CT molecular complexity index is 957. The molecule has 2 rings (SSSR count). The monoisotopic (exact) mass is 523 g/mol. The summed E-state index contributed by atoms with van der Waals surface area (Å²) in [5, 5.41) is 38.0. The average molecular weight is 524 g/mol. The molecule has 0 saturated carbocycles. The van der Waals surface area contributed by atoms with Crippen molar-refractivity contribution in [2.45, 2.75) is 38.0 Å². The van der Waals surface area contributed by atoms with Crippen LogP contribution >= 0.6 is 0 Å². The number of carbonyl (C=O) groups is 5. The van der Waals surface area contributed by atoms with E-state index in [1.165, 1.54) is 14.7 Å². The summed E-state index contributed by atoms with van der Waals surface area (Å²) in [4.78, 5) is 63.1. The van der Waals surface area contributed by atoms with Gasteiger partial charge in [-0.05, 0) is 18.9 Å². The van der Waals surface area contributed by atoms with Crippen LogP contribution in [-0.2, 0) is 35.3 Å². The Morgan fingerprint density at radius 3 is 2.11 bits per heavy atom. The van der Waals surface area contributed by atoms with Gasteiger partial charge in [0.2, 0.25) is 0 Å². The molecule has 2 atom stereocenters. The van der Waals surface area contributed by atoms with E-state index < -0.39 is 54.5 Å². The van der Waals surface area contributed by atoms with Crippen LogP contribution in [0.1, 0.15) is 25.3 Å². The maximum absolute atomic E-state index is 12.3. The Labute approximate surface area is 213 Å². The van der Waals surface area contributed by atoms with E-state index in [0.717, 1.165) is 5.56 Å². The molecule has 1 aliphatic heterocycles. The van der Waals surface area contributed by atoms with Crippen LogP contribution in [0.15, 0.2) is 30.3 Å². The minimum atomic E-state index is -1.28. The lowest BCUT2D eigenvalue weighted by Gasteiger charge is -2.43. The smallest absolute Gasteiger partial charge is 0.320 e. The molecular weight excluding hydrogens is 490 g/mol. The summed E-state index contributed by atoms with van der Waals surface area (Å²) in [6, 6.07) is 7.83.